The number of nitrogens with zero attached hydrogens (tertiary/aromatic N) is 2. The molecular weight excluding hydrogens is 246 g/mol. The van der Waals surface area contributed by atoms with Gasteiger partial charge in [-0.15, -0.1) is 0 Å². The van der Waals surface area contributed by atoms with Crippen LogP contribution in [0.15, 0.2) is 0 Å². The van der Waals surface area contributed by atoms with Crippen LogP contribution in [-0.4, -0.2) is 9.97 Å². The summed E-state index contributed by atoms with van der Waals surface area (Å²) in [6.07, 6.45) is 0. The summed E-state index contributed by atoms with van der Waals surface area (Å²) in [5, 5.41) is 0. The molecule has 0 aromatic carbocycles. The molecule has 0 atom stereocenters. The number of aromatic nitrogens is 2. The summed E-state index contributed by atoms with van der Waals surface area (Å²) in [5.41, 5.74) is 0.414. The first-order chi connectivity index (χ1) is 4.61. The number of rotatable bonds is 0. The molecule has 0 saturated heterocycles. The van der Waals surface area contributed by atoms with E-state index in [1.807, 2.05) is 22.6 Å². The third-order valence-electron chi connectivity index (χ3n) is 1.09. The normalized spacial score (nSPS) is 10.0. The molecule has 1 aromatic rings. The quantitative estimate of drug-likeness (QED) is 0.520. The van der Waals surface area contributed by atoms with Gasteiger partial charge in [-0.3, -0.25) is 0 Å². The highest BCUT2D eigenvalue weighted by Gasteiger charge is 2.04. The predicted octanol–water partition coefficient (Wildman–Crippen LogP) is 1.84. The summed E-state index contributed by atoms with van der Waals surface area (Å²) in [7, 11) is 0. The average molecular weight is 252 g/mol. The van der Waals surface area contributed by atoms with Gasteiger partial charge in [-0.2, -0.15) is 0 Å². The zero-order chi connectivity index (χ0) is 7.72. The Morgan fingerprint density at radius 3 is 2.40 bits per heavy atom. The van der Waals surface area contributed by atoms with E-state index in [-0.39, 0.29) is 5.82 Å². The number of halogens is 2. The molecule has 0 bridgehead atoms. The minimum absolute atomic E-state index is 0.314. The lowest BCUT2D eigenvalue weighted by atomic mass is 10.4. The topological polar surface area (TPSA) is 25.8 Å². The van der Waals surface area contributed by atoms with Crippen molar-refractivity contribution in [2.24, 2.45) is 0 Å². The molecule has 0 unspecified atom stereocenters. The van der Waals surface area contributed by atoms with E-state index in [0.29, 0.717) is 15.2 Å². The van der Waals surface area contributed by atoms with E-state index in [0.717, 1.165) is 0 Å². The maximum Gasteiger partial charge on any atom is 0.176 e. The lowest BCUT2D eigenvalue weighted by Crippen LogP contribution is -1.98. The van der Waals surface area contributed by atoms with Crippen LogP contribution in [0.2, 0.25) is 0 Å². The van der Waals surface area contributed by atoms with Gasteiger partial charge in [0.25, 0.3) is 0 Å². The maximum absolute atomic E-state index is 12.8. The zero-order valence-electron chi connectivity index (χ0n) is 5.65. The van der Waals surface area contributed by atoms with Crippen LogP contribution < -0.4 is 0 Å². The molecule has 1 rings (SSSR count). The third kappa shape index (κ3) is 1.42. The smallest absolute Gasteiger partial charge is 0.176 e. The van der Waals surface area contributed by atoms with Gasteiger partial charge in [0, 0.05) is 0 Å². The highest BCUT2D eigenvalue weighted by Crippen LogP contribution is 2.09. The van der Waals surface area contributed by atoms with Crippen LogP contribution in [-0.2, 0) is 0 Å². The monoisotopic (exact) mass is 252 g/mol. The number of hydrogen-bond acceptors (Lipinski definition) is 2. The molecule has 0 amide bonds. The van der Waals surface area contributed by atoms with Gasteiger partial charge in [0.05, 0.1) is 5.69 Å². The van der Waals surface area contributed by atoms with Crippen LogP contribution in [0.25, 0.3) is 0 Å². The lowest BCUT2D eigenvalue weighted by molar-refractivity contribution is 0.588. The van der Waals surface area contributed by atoms with Gasteiger partial charge in [0.2, 0.25) is 0 Å². The van der Waals surface area contributed by atoms with Gasteiger partial charge in [-0.1, -0.05) is 0 Å². The molecule has 1 aromatic heterocycles. The first-order valence-electron chi connectivity index (χ1n) is 2.77. The first kappa shape index (κ1) is 7.84. The van der Waals surface area contributed by atoms with Crippen LogP contribution in [0.3, 0.4) is 0 Å². The first-order valence-corrected chi connectivity index (χ1v) is 3.85. The molecule has 0 fully saturated rings. The van der Waals surface area contributed by atoms with Crippen LogP contribution >= 0.6 is 22.6 Å². The minimum atomic E-state index is -0.314. The summed E-state index contributed by atoms with van der Waals surface area (Å²) in [6.45, 7) is 3.38. The molecule has 0 spiro atoms. The van der Waals surface area contributed by atoms with Crippen LogP contribution in [0, 0.1) is 23.4 Å². The average Bonchev–Trinajstić information content (AvgIpc) is 1.82. The van der Waals surface area contributed by atoms with Crippen molar-refractivity contribution in [3.05, 3.63) is 21.0 Å². The maximum atomic E-state index is 12.8. The summed E-state index contributed by atoms with van der Waals surface area (Å²) in [5.74, 6) is 0.300. The predicted molar refractivity (Wildman–Crippen MR) is 44.2 cm³/mol. The van der Waals surface area contributed by atoms with Crippen molar-refractivity contribution < 1.29 is 4.39 Å². The van der Waals surface area contributed by atoms with E-state index in [2.05, 4.69) is 9.97 Å². The van der Waals surface area contributed by atoms with Gasteiger partial charge < -0.3 is 0 Å². The Labute approximate surface area is 72.0 Å². The molecule has 1 heterocycles. The van der Waals surface area contributed by atoms with Gasteiger partial charge >= 0.3 is 0 Å². The second-order valence-electron chi connectivity index (χ2n) is 1.96. The fourth-order valence-electron chi connectivity index (χ4n) is 0.657. The summed E-state index contributed by atoms with van der Waals surface area (Å²) in [4.78, 5) is 7.68. The van der Waals surface area contributed by atoms with Crippen molar-refractivity contribution in [2.75, 3.05) is 0 Å². The third-order valence-corrected chi connectivity index (χ3v) is 1.80. The van der Waals surface area contributed by atoms with E-state index in [1.54, 1.807) is 13.8 Å². The fraction of sp³-hybridized carbons (Fsp3) is 0.333. The molecule has 0 saturated carbocycles. The fourth-order valence-corrected chi connectivity index (χ4v) is 1.40. The van der Waals surface area contributed by atoms with E-state index in [1.165, 1.54) is 0 Å². The van der Waals surface area contributed by atoms with Crippen molar-refractivity contribution in [1.29, 1.82) is 0 Å². The minimum Gasteiger partial charge on any atom is -0.235 e. The van der Waals surface area contributed by atoms with Gasteiger partial charge in [-0.25, -0.2) is 14.4 Å². The second kappa shape index (κ2) is 2.77. The molecule has 54 valence electrons. The Kier molecular flexibility index (Phi) is 2.18. The van der Waals surface area contributed by atoms with E-state index in [4.69, 9.17) is 0 Å². The largest absolute Gasteiger partial charge is 0.235 e. The summed E-state index contributed by atoms with van der Waals surface area (Å²) >= 11 is 1.85. The molecule has 4 heteroatoms. The van der Waals surface area contributed by atoms with Crippen molar-refractivity contribution in [3.8, 4) is 0 Å². The molecule has 0 aliphatic carbocycles. The van der Waals surface area contributed by atoms with Crippen molar-refractivity contribution in [1.82, 2.24) is 9.97 Å². The van der Waals surface area contributed by atoms with E-state index >= 15 is 0 Å². The SMILES string of the molecule is Cc1nc(C)c(F)c(I)n1. The van der Waals surface area contributed by atoms with Crippen molar-refractivity contribution >= 4 is 22.6 Å². The highest BCUT2D eigenvalue weighted by atomic mass is 127. The molecule has 0 N–H and O–H groups in total. The number of aryl methyl sites for hydroxylation is 2. The Hall–Kier alpha value is -0.260. The van der Waals surface area contributed by atoms with Crippen LogP contribution in [0.5, 0.6) is 0 Å². The molecule has 0 radical (unpaired) electrons. The standard InChI is InChI=1S/C6H6FIN2/c1-3-5(7)6(8)10-4(2)9-3/h1-2H3. The number of hydrogen-bond donors (Lipinski definition) is 0. The van der Waals surface area contributed by atoms with Gasteiger partial charge in [0.1, 0.15) is 9.53 Å². The molecular formula is C6H6FIN2. The molecule has 0 aliphatic heterocycles. The van der Waals surface area contributed by atoms with Crippen molar-refractivity contribution in [3.63, 3.8) is 0 Å². The van der Waals surface area contributed by atoms with Gasteiger partial charge in [0.15, 0.2) is 5.82 Å². The van der Waals surface area contributed by atoms with E-state index in [9.17, 15) is 4.39 Å². The molecule has 0 aliphatic rings. The van der Waals surface area contributed by atoms with E-state index < -0.39 is 0 Å². The van der Waals surface area contributed by atoms with Crippen molar-refractivity contribution in [2.45, 2.75) is 13.8 Å². The molecule has 10 heavy (non-hydrogen) atoms. The summed E-state index contributed by atoms with van der Waals surface area (Å²) in [6, 6.07) is 0. The Morgan fingerprint density at radius 2 is 1.90 bits per heavy atom. The lowest BCUT2D eigenvalue weighted by Gasteiger charge is -1.97. The van der Waals surface area contributed by atoms with Gasteiger partial charge in [-0.05, 0) is 36.4 Å². The second-order valence-corrected chi connectivity index (χ2v) is 2.98. The Balaban J connectivity index is 3.31. The Morgan fingerprint density at radius 1 is 1.30 bits per heavy atom. The highest BCUT2D eigenvalue weighted by molar-refractivity contribution is 14.1. The summed E-state index contributed by atoms with van der Waals surface area (Å²) < 4.78 is 13.2. The molecule has 2 nitrogen and oxygen atoms in total. The zero-order valence-corrected chi connectivity index (χ0v) is 7.81. The van der Waals surface area contributed by atoms with Crippen LogP contribution in [0.1, 0.15) is 11.5 Å². The van der Waals surface area contributed by atoms with Crippen LogP contribution in [0.4, 0.5) is 4.39 Å². The Bertz CT molecular complexity index is 239.